The molecule has 0 saturated heterocycles. The average Bonchev–Trinajstić information content (AvgIpc) is 2.37. The number of carbonyl (C=O) groups excluding carboxylic acids is 1. The Balaban J connectivity index is 2.80. The van der Waals surface area contributed by atoms with Gasteiger partial charge in [0.05, 0.1) is 13.7 Å². The van der Waals surface area contributed by atoms with Gasteiger partial charge in [-0.2, -0.15) is 0 Å². The topological polar surface area (TPSA) is 47.6 Å². The van der Waals surface area contributed by atoms with E-state index in [-0.39, 0.29) is 11.9 Å². The van der Waals surface area contributed by atoms with Crippen LogP contribution in [0.2, 0.25) is 0 Å². The van der Waals surface area contributed by atoms with E-state index in [9.17, 15) is 4.79 Å². The molecule has 0 spiro atoms. The summed E-state index contributed by atoms with van der Waals surface area (Å²) < 4.78 is 10.7. The minimum absolute atomic E-state index is 0.0817. The molecular formula is C16H25NO3. The number of rotatable bonds is 7. The Morgan fingerprint density at radius 3 is 2.50 bits per heavy atom. The largest absolute Gasteiger partial charge is 0.493 e. The zero-order valence-electron chi connectivity index (χ0n) is 13.0. The number of hydrogen-bond donors (Lipinski definition) is 1. The lowest BCUT2D eigenvalue weighted by Gasteiger charge is -2.16. The number of amides is 1. The minimum Gasteiger partial charge on any atom is -0.493 e. The lowest BCUT2D eigenvalue weighted by atomic mass is 10.0. The lowest BCUT2D eigenvalue weighted by Crippen LogP contribution is -2.33. The summed E-state index contributed by atoms with van der Waals surface area (Å²) in [5, 5.41) is 3.00. The van der Waals surface area contributed by atoms with Crippen LogP contribution in [0.4, 0.5) is 0 Å². The average molecular weight is 279 g/mol. The molecular weight excluding hydrogens is 254 g/mol. The molecule has 0 bridgehead atoms. The molecule has 112 valence electrons. The first-order valence-electron chi connectivity index (χ1n) is 7.09. The Bertz CT molecular complexity index is 443. The molecule has 20 heavy (non-hydrogen) atoms. The SMILES string of the molecule is CCOc1cc(C(=O)NC(C)CC(C)C)ccc1OC. The van der Waals surface area contributed by atoms with Crippen LogP contribution >= 0.6 is 0 Å². The van der Waals surface area contributed by atoms with Crippen molar-refractivity contribution in [3.63, 3.8) is 0 Å². The second-order valence-electron chi connectivity index (χ2n) is 5.30. The third-order valence-corrected chi connectivity index (χ3v) is 2.93. The van der Waals surface area contributed by atoms with E-state index in [0.717, 1.165) is 6.42 Å². The first-order valence-corrected chi connectivity index (χ1v) is 7.09. The molecule has 1 N–H and O–H groups in total. The number of methoxy groups -OCH3 is 1. The Labute approximate surface area is 121 Å². The molecule has 1 rings (SSSR count). The minimum atomic E-state index is -0.0817. The van der Waals surface area contributed by atoms with Crippen molar-refractivity contribution in [3.05, 3.63) is 23.8 Å². The molecule has 0 fully saturated rings. The van der Waals surface area contributed by atoms with Gasteiger partial charge < -0.3 is 14.8 Å². The highest BCUT2D eigenvalue weighted by molar-refractivity contribution is 5.95. The Kier molecular flexibility index (Phi) is 6.36. The van der Waals surface area contributed by atoms with Gasteiger partial charge in [0.15, 0.2) is 11.5 Å². The van der Waals surface area contributed by atoms with E-state index in [0.29, 0.717) is 29.6 Å². The zero-order valence-corrected chi connectivity index (χ0v) is 13.0. The zero-order chi connectivity index (χ0) is 15.1. The molecule has 0 aliphatic heterocycles. The molecule has 1 aromatic carbocycles. The molecule has 1 amide bonds. The van der Waals surface area contributed by atoms with Gasteiger partial charge in [-0.25, -0.2) is 0 Å². The van der Waals surface area contributed by atoms with Crippen molar-refractivity contribution in [2.75, 3.05) is 13.7 Å². The summed E-state index contributed by atoms with van der Waals surface area (Å²) in [6.45, 7) is 8.74. The molecule has 0 aliphatic carbocycles. The summed E-state index contributed by atoms with van der Waals surface area (Å²) in [6.07, 6.45) is 0.959. The van der Waals surface area contributed by atoms with E-state index < -0.39 is 0 Å². The van der Waals surface area contributed by atoms with Gasteiger partial charge in [0, 0.05) is 11.6 Å². The quantitative estimate of drug-likeness (QED) is 0.833. The smallest absolute Gasteiger partial charge is 0.251 e. The van der Waals surface area contributed by atoms with Crippen LogP contribution < -0.4 is 14.8 Å². The van der Waals surface area contributed by atoms with Gasteiger partial charge >= 0.3 is 0 Å². The maximum absolute atomic E-state index is 12.2. The van der Waals surface area contributed by atoms with Crippen LogP contribution in [0.3, 0.4) is 0 Å². The molecule has 4 heteroatoms. The number of benzene rings is 1. The van der Waals surface area contributed by atoms with E-state index in [1.807, 2.05) is 13.8 Å². The van der Waals surface area contributed by atoms with E-state index in [4.69, 9.17) is 9.47 Å². The fourth-order valence-electron chi connectivity index (χ4n) is 2.16. The number of nitrogens with one attached hydrogen (secondary N) is 1. The van der Waals surface area contributed by atoms with Gasteiger partial charge in [0.2, 0.25) is 0 Å². The van der Waals surface area contributed by atoms with Crippen LogP contribution in [0.1, 0.15) is 44.5 Å². The number of ether oxygens (including phenoxy) is 2. The van der Waals surface area contributed by atoms with Crippen LogP contribution in [-0.2, 0) is 0 Å². The molecule has 0 saturated carbocycles. The van der Waals surface area contributed by atoms with Crippen LogP contribution in [-0.4, -0.2) is 25.7 Å². The monoisotopic (exact) mass is 279 g/mol. The van der Waals surface area contributed by atoms with Gasteiger partial charge in [-0.15, -0.1) is 0 Å². The second kappa shape index (κ2) is 7.78. The van der Waals surface area contributed by atoms with E-state index in [1.54, 1.807) is 25.3 Å². The molecule has 0 aromatic heterocycles. The first kappa shape index (κ1) is 16.3. The summed E-state index contributed by atoms with van der Waals surface area (Å²) in [5.41, 5.74) is 0.588. The summed E-state index contributed by atoms with van der Waals surface area (Å²) >= 11 is 0. The van der Waals surface area contributed by atoms with Crippen molar-refractivity contribution in [1.29, 1.82) is 0 Å². The maximum atomic E-state index is 12.2. The molecule has 0 radical (unpaired) electrons. The van der Waals surface area contributed by atoms with Gasteiger partial charge in [-0.3, -0.25) is 4.79 Å². The number of hydrogen-bond acceptors (Lipinski definition) is 3. The highest BCUT2D eigenvalue weighted by Crippen LogP contribution is 2.28. The molecule has 4 nitrogen and oxygen atoms in total. The fourth-order valence-corrected chi connectivity index (χ4v) is 2.16. The first-order chi connectivity index (χ1) is 9.47. The van der Waals surface area contributed by atoms with E-state index in [1.165, 1.54) is 0 Å². The summed E-state index contributed by atoms with van der Waals surface area (Å²) in [4.78, 5) is 12.2. The molecule has 0 aliphatic rings. The molecule has 1 aromatic rings. The van der Waals surface area contributed by atoms with Gasteiger partial charge in [-0.1, -0.05) is 13.8 Å². The van der Waals surface area contributed by atoms with Crippen LogP contribution in [0.5, 0.6) is 11.5 Å². The fraction of sp³-hybridized carbons (Fsp3) is 0.562. The van der Waals surface area contributed by atoms with Gasteiger partial charge in [0.25, 0.3) is 5.91 Å². The third kappa shape index (κ3) is 4.76. The van der Waals surface area contributed by atoms with Crippen molar-refractivity contribution in [3.8, 4) is 11.5 Å². The van der Waals surface area contributed by atoms with Crippen LogP contribution in [0, 0.1) is 5.92 Å². The Morgan fingerprint density at radius 1 is 1.25 bits per heavy atom. The van der Waals surface area contributed by atoms with Crippen molar-refractivity contribution in [1.82, 2.24) is 5.32 Å². The molecule has 1 unspecified atom stereocenters. The van der Waals surface area contributed by atoms with Crippen molar-refractivity contribution in [2.45, 2.75) is 40.2 Å². The van der Waals surface area contributed by atoms with Crippen molar-refractivity contribution < 1.29 is 14.3 Å². The lowest BCUT2D eigenvalue weighted by molar-refractivity contribution is 0.0935. The standard InChI is InChI=1S/C16H25NO3/c1-6-20-15-10-13(7-8-14(15)19-5)16(18)17-12(4)9-11(2)3/h7-8,10-12H,6,9H2,1-5H3,(H,17,18). The predicted molar refractivity (Wildman–Crippen MR) is 80.5 cm³/mol. The summed E-state index contributed by atoms with van der Waals surface area (Å²) in [7, 11) is 1.59. The highest BCUT2D eigenvalue weighted by Gasteiger charge is 2.14. The van der Waals surface area contributed by atoms with Crippen LogP contribution in [0.15, 0.2) is 18.2 Å². The molecule has 1 atom stereocenters. The van der Waals surface area contributed by atoms with Crippen molar-refractivity contribution >= 4 is 5.91 Å². The van der Waals surface area contributed by atoms with E-state index in [2.05, 4.69) is 19.2 Å². The second-order valence-corrected chi connectivity index (χ2v) is 5.30. The maximum Gasteiger partial charge on any atom is 0.251 e. The Morgan fingerprint density at radius 2 is 1.95 bits per heavy atom. The Hall–Kier alpha value is -1.71. The summed E-state index contributed by atoms with van der Waals surface area (Å²) in [5.74, 6) is 1.71. The van der Waals surface area contributed by atoms with Crippen LogP contribution in [0.25, 0.3) is 0 Å². The number of carbonyl (C=O) groups is 1. The molecule has 0 heterocycles. The van der Waals surface area contributed by atoms with Gasteiger partial charge in [0.1, 0.15) is 0 Å². The van der Waals surface area contributed by atoms with E-state index >= 15 is 0 Å². The third-order valence-electron chi connectivity index (χ3n) is 2.93. The predicted octanol–water partition coefficient (Wildman–Crippen LogP) is 3.26. The normalized spacial score (nSPS) is 12.1. The summed E-state index contributed by atoms with van der Waals surface area (Å²) in [6, 6.07) is 5.38. The highest BCUT2D eigenvalue weighted by atomic mass is 16.5. The van der Waals surface area contributed by atoms with Crippen molar-refractivity contribution in [2.24, 2.45) is 5.92 Å². The van der Waals surface area contributed by atoms with Gasteiger partial charge in [-0.05, 0) is 44.4 Å².